The Hall–Kier alpha value is -4.27. The first-order valence-electron chi connectivity index (χ1n) is 11.9. The lowest BCUT2D eigenvalue weighted by molar-refractivity contribution is 1.25. The van der Waals surface area contributed by atoms with E-state index in [1.54, 1.807) is 6.21 Å². The van der Waals surface area contributed by atoms with Crippen molar-refractivity contribution in [2.75, 3.05) is 11.2 Å². The second-order valence-electron chi connectivity index (χ2n) is 7.93. The van der Waals surface area contributed by atoms with E-state index in [1.807, 2.05) is 132 Å². The predicted octanol–water partition coefficient (Wildman–Crippen LogP) is 7.81. The van der Waals surface area contributed by atoms with Gasteiger partial charge in [-0.3, -0.25) is 4.90 Å². The van der Waals surface area contributed by atoms with E-state index >= 15 is 0 Å². The van der Waals surface area contributed by atoms with Crippen LogP contribution in [-0.2, 0) is 0 Å². The summed E-state index contributed by atoms with van der Waals surface area (Å²) in [6.07, 6.45) is 3.66. The van der Waals surface area contributed by atoms with Gasteiger partial charge in [-0.25, -0.2) is 9.98 Å². The molecule has 4 aromatic carbocycles. The molecular weight excluding hydrogens is 509 g/mol. The molecule has 0 radical (unpaired) electrons. The van der Waals surface area contributed by atoms with Gasteiger partial charge in [0.05, 0.1) is 17.6 Å². The number of hydrogen-bond donors (Lipinski definition) is 0. The molecule has 1 aliphatic rings. The maximum atomic E-state index is 5.01. The van der Waals surface area contributed by atoms with Gasteiger partial charge < -0.3 is 0 Å². The molecule has 6 nitrogen and oxygen atoms in total. The van der Waals surface area contributed by atoms with Gasteiger partial charge in [-0.15, -0.1) is 5.10 Å². The van der Waals surface area contributed by atoms with E-state index in [2.05, 4.69) is 10.2 Å². The number of thioether (sulfide) groups is 2. The first kappa shape index (κ1) is 25.4. The Bertz CT molecular complexity index is 1500. The second kappa shape index (κ2) is 12.8. The quantitative estimate of drug-likeness (QED) is 0.150. The van der Waals surface area contributed by atoms with Crippen molar-refractivity contribution in [3.8, 4) is 0 Å². The van der Waals surface area contributed by atoms with Crippen molar-refractivity contribution in [3.05, 3.63) is 127 Å². The maximum Gasteiger partial charge on any atom is 0.211 e. The van der Waals surface area contributed by atoms with Crippen LogP contribution in [0.3, 0.4) is 0 Å². The van der Waals surface area contributed by atoms with Crippen LogP contribution < -0.4 is 4.90 Å². The number of nitrogens with zero attached hydrogens (tertiary/aromatic N) is 6. The van der Waals surface area contributed by atoms with Crippen molar-refractivity contribution in [2.45, 2.75) is 0 Å². The minimum atomic E-state index is 0.528. The third-order valence-corrected chi connectivity index (χ3v) is 6.76. The lowest BCUT2D eigenvalue weighted by Crippen LogP contribution is -2.31. The van der Waals surface area contributed by atoms with Gasteiger partial charge in [0, 0.05) is 5.69 Å². The Morgan fingerprint density at radius 2 is 1.26 bits per heavy atom. The van der Waals surface area contributed by atoms with Crippen molar-refractivity contribution >= 4 is 68.0 Å². The Morgan fingerprint density at radius 1 is 0.711 bits per heavy atom. The first-order valence-corrected chi connectivity index (χ1v) is 13.9. The molecule has 0 saturated carbocycles. The molecular formula is C30H24N6S2. The molecule has 0 aliphatic carbocycles. The van der Waals surface area contributed by atoms with Crippen LogP contribution in [0.25, 0.3) is 0 Å². The van der Waals surface area contributed by atoms with Crippen LogP contribution in [0, 0.1) is 0 Å². The molecule has 1 fully saturated rings. The predicted molar refractivity (Wildman–Crippen MR) is 166 cm³/mol. The fourth-order valence-electron chi connectivity index (χ4n) is 3.54. The fourth-order valence-corrected chi connectivity index (χ4v) is 4.87. The van der Waals surface area contributed by atoms with Gasteiger partial charge in [-0.05, 0) is 60.0 Å². The van der Waals surface area contributed by atoms with E-state index in [0.29, 0.717) is 16.2 Å². The average molecular weight is 533 g/mol. The van der Waals surface area contributed by atoms with Crippen LogP contribution in [0.15, 0.2) is 147 Å². The summed E-state index contributed by atoms with van der Waals surface area (Å²) in [5.74, 6) is 0.697. The number of rotatable bonds is 5. The van der Waals surface area contributed by atoms with E-state index in [-0.39, 0.29) is 0 Å². The monoisotopic (exact) mass is 532 g/mol. The van der Waals surface area contributed by atoms with E-state index in [9.17, 15) is 0 Å². The molecule has 0 unspecified atom stereocenters. The number of aliphatic imine (C=N–C) groups is 3. The highest BCUT2D eigenvalue weighted by Crippen LogP contribution is 2.33. The zero-order valence-corrected chi connectivity index (χ0v) is 22.3. The number of hydrogen-bond acceptors (Lipinski definition) is 6. The maximum absolute atomic E-state index is 5.01. The van der Waals surface area contributed by atoms with Gasteiger partial charge in [0.25, 0.3) is 0 Å². The van der Waals surface area contributed by atoms with Crippen LogP contribution in [0.2, 0.25) is 0 Å². The van der Waals surface area contributed by atoms with E-state index in [0.717, 1.165) is 27.7 Å². The summed E-state index contributed by atoms with van der Waals surface area (Å²) in [5, 5.41) is 10.6. The summed E-state index contributed by atoms with van der Waals surface area (Å²) in [6, 6.07) is 39.7. The molecule has 1 saturated heterocycles. The van der Waals surface area contributed by atoms with Gasteiger partial charge in [0.15, 0.2) is 11.0 Å². The molecule has 0 atom stereocenters. The van der Waals surface area contributed by atoms with Gasteiger partial charge in [-0.1, -0.05) is 96.7 Å². The summed E-state index contributed by atoms with van der Waals surface area (Å²) in [5.41, 5.74) is 3.58. The van der Waals surface area contributed by atoms with Crippen molar-refractivity contribution < 1.29 is 0 Å². The third-order valence-electron chi connectivity index (χ3n) is 5.30. The van der Waals surface area contributed by atoms with Crippen LogP contribution in [0.4, 0.5) is 17.1 Å². The van der Waals surface area contributed by atoms with Gasteiger partial charge >= 0.3 is 0 Å². The average Bonchev–Trinajstić information content (AvgIpc) is 3.30. The van der Waals surface area contributed by atoms with E-state index in [1.165, 1.54) is 23.5 Å². The Labute approximate surface area is 230 Å². The molecule has 0 amide bonds. The normalized spacial score (nSPS) is 17.2. The molecule has 38 heavy (non-hydrogen) atoms. The molecule has 5 rings (SSSR count). The van der Waals surface area contributed by atoms with E-state index < -0.39 is 0 Å². The lowest BCUT2D eigenvalue weighted by atomic mass is 10.2. The largest absolute Gasteiger partial charge is 0.271 e. The second-order valence-corrected chi connectivity index (χ2v) is 9.66. The first-order chi connectivity index (χ1) is 18.8. The summed E-state index contributed by atoms with van der Waals surface area (Å²) < 4.78 is 0. The standard InChI is InChI=1S/C30H24N6S2/c1-37-29(35-31-22-23-14-6-2-7-15-23)34-30-36(26-20-12-5-13-21-26)27(32-24-16-8-3-9-17-24)28(38-30)33-25-18-10-4-11-19-25/h2-22H,1H3/b31-22+,32-27?,33-28?,34-30+,35-29+. The molecule has 1 aliphatic heterocycles. The number of benzene rings is 4. The van der Waals surface area contributed by atoms with Crippen LogP contribution in [-0.4, -0.2) is 33.7 Å². The van der Waals surface area contributed by atoms with Crippen LogP contribution in [0.1, 0.15) is 5.56 Å². The van der Waals surface area contributed by atoms with Crippen molar-refractivity contribution in [1.29, 1.82) is 0 Å². The number of amidine groups is 3. The van der Waals surface area contributed by atoms with Crippen molar-refractivity contribution in [2.24, 2.45) is 25.2 Å². The number of para-hydroxylation sites is 3. The highest BCUT2D eigenvalue weighted by atomic mass is 32.2. The van der Waals surface area contributed by atoms with Gasteiger partial charge in [0.1, 0.15) is 5.04 Å². The molecule has 0 spiro atoms. The Kier molecular flexibility index (Phi) is 8.55. The molecule has 8 heteroatoms. The Morgan fingerprint density at radius 3 is 1.87 bits per heavy atom. The minimum absolute atomic E-state index is 0.528. The highest BCUT2D eigenvalue weighted by molar-refractivity contribution is 8.29. The Balaban J connectivity index is 1.60. The highest BCUT2D eigenvalue weighted by Gasteiger charge is 2.35. The SMILES string of the molecule is CSC(=N/N=C/c1ccccc1)/N=C1/SC(=Nc2ccccc2)C(=Nc2ccccc2)N1c1ccccc1. The van der Waals surface area contributed by atoms with Gasteiger partial charge in [-0.2, -0.15) is 10.1 Å². The van der Waals surface area contributed by atoms with Gasteiger partial charge in [0.2, 0.25) is 5.17 Å². The van der Waals surface area contributed by atoms with Crippen molar-refractivity contribution in [1.82, 2.24) is 0 Å². The molecule has 0 N–H and O–H groups in total. The molecule has 0 aromatic heterocycles. The fraction of sp³-hybridized carbons (Fsp3) is 0.0333. The summed E-state index contributed by atoms with van der Waals surface area (Å²) in [7, 11) is 0. The smallest absolute Gasteiger partial charge is 0.211 e. The van der Waals surface area contributed by atoms with Crippen molar-refractivity contribution in [3.63, 3.8) is 0 Å². The van der Waals surface area contributed by atoms with Crippen LogP contribution >= 0.6 is 23.5 Å². The number of anilines is 1. The van der Waals surface area contributed by atoms with Crippen LogP contribution in [0.5, 0.6) is 0 Å². The molecule has 4 aromatic rings. The zero-order valence-electron chi connectivity index (χ0n) is 20.6. The summed E-state index contributed by atoms with van der Waals surface area (Å²) in [4.78, 5) is 16.9. The molecule has 0 bridgehead atoms. The summed E-state index contributed by atoms with van der Waals surface area (Å²) >= 11 is 2.89. The third kappa shape index (κ3) is 6.53. The molecule has 1 heterocycles. The molecule has 186 valence electrons. The topological polar surface area (TPSA) is 65.0 Å². The van der Waals surface area contributed by atoms with E-state index in [4.69, 9.17) is 15.0 Å². The lowest BCUT2D eigenvalue weighted by Gasteiger charge is -2.18. The zero-order chi connectivity index (χ0) is 26.0. The minimum Gasteiger partial charge on any atom is -0.271 e. The summed E-state index contributed by atoms with van der Waals surface area (Å²) in [6.45, 7) is 0.